The highest BCUT2D eigenvalue weighted by atomic mass is 16.2. The Labute approximate surface area is 171 Å². The quantitative estimate of drug-likeness (QED) is 0.671. The van der Waals surface area contributed by atoms with E-state index in [0.717, 1.165) is 44.5 Å². The summed E-state index contributed by atoms with van der Waals surface area (Å²) in [6, 6.07) is 10.6. The van der Waals surface area contributed by atoms with Gasteiger partial charge in [-0.05, 0) is 31.2 Å². The van der Waals surface area contributed by atoms with Gasteiger partial charge in [0.05, 0.1) is 19.1 Å². The van der Waals surface area contributed by atoms with Gasteiger partial charge in [0, 0.05) is 49.8 Å². The summed E-state index contributed by atoms with van der Waals surface area (Å²) in [6.07, 6.45) is 13.7. The molecule has 1 N–H and O–H groups in total. The lowest BCUT2D eigenvalue weighted by atomic mass is 10.00. The highest BCUT2D eigenvalue weighted by molar-refractivity contribution is 5.74. The van der Waals surface area contributed by atoms with Crippen LogP contribution in [0, 0.1) is 0 Å². The minimum absolute atomic E-state index is 0.0242. The topological polar surface area (TPSA) is 68.0 Å². The maximum absolute atomic E-state index is 12.8. The van der Waals surface area contributed by atoms with E-state index in [1.165, 1.54) is 12.0 Å². The molecule has 1 fully saturated rings. The van der Waals surface area contributed by atoms with Crippen molar-refractivity contribution in [3.8, 4) is 0 Å². The van der Waals surface area contributed by atoms with Crippen molar-refractivity contribution in [1.29, 1.82) is 0 Å². The second-order valence-corrected chi connectivity index (χ2v) is 7.62. The molecule has 0 saturated carbocycles. The fourth-order valence-corrected chi connectivity index (χ4v) is 3.92. The molecular weight excluding hydrogens is 364 g/mol. The van der Waals surface area contributed by atoms with E-state index in [4.69, 9.17) is 0 Å². The summed E-state index contributed by atoms with van der Waals surface area (Å²) in [5.74, 6) is 0. The van der Waals surface area contributed by atoms with Crippen LogP contribution in [0.4, 0.5) is 4.79 Å². The Bertz CT molecular complexity index is 889. The third kappa shape index (κ3) is 5.25. The maximum atomic E-state index is 12.8. The Hall–Kier alpha value is -3.09. The van der Waals surface area contributed by atoms with E-state index in [9.17, 15) is 4.79 Å². The smallest absolute Gasteiger partial charge is 0.317 e. The molecule has 0 radical (unpaired) electrons. The highest BCUT2D eigenvalue weighted by Gasteiger charge is 2.26. The van der Waals surface area contributed by atoms with Crippen LogP contribution in [0.2, 0.25) is 0 Å². The Morgan fingerprint density at radius 3 is 2.90 bits per heavy atom. The number of aryl methyl sites for hydroxylation is 1. The lowest BCUT2D eigenvalue weighted by Crippen LogP contribution is -2.48. The molecule has 4 rings (SSSR count). The zero-order chi connectivity index (χ0) is 19.9. The molecule has 152 valence electrons. The minimum atomic E-state index is 0.0242. The fraction of sp³-hybridized carbons (Fsp3) is 0.409. The number of benzene rings is 1. The summed E-state index contributed by atoms with van der Waals surface area (Å²) in [5, 5.41) is 7.50. The van der Waals surface area contributed by atoms with Gasteiger partial charge < -0.3 is 14.8 Å². The van der Waals surface area contributed by atoms with Crippen LogP contribution in [-0.2, 0) is 19.6 Å². The van der Waals surface area contributed by atoms with Gasteiger partial charge in [-0.25, -0.2) is 9.78 Å². The maximum Gasteiger partial charge on any atom is 0.317 e. The number of carbonyl (C=O) groups is 1. The summed E-state index contributed by atoms with van der Waals surface area (Å²) < 4.78 is 3.98. The standard InChI is InChI=1S/C22H28N6O/c29-22(28-11-5-4-8-21(28)9-12-26-13-10-23-18-26)24-14-20-15-25-27(17-20)16-19-6-2-1-3-7-19/h1-3,6-7,10,13,15,17-18,21H,4-5,8-9,11-12,14,16H2,(H,24,29)/t21-/m0/s1. The number of carbonyl (C=O) groups excluding carboxylic acids is 1. The van der Waals surface area contributed by atoms with Gasteiger partial charge in [0.1, 0.15) is 0 Å². The number of nitrogens with one attached hydrogen (secondary N) is 1. The molecule has 3 heterocycles. The van der Waals surface area contributed by atoms with Crippen LogP contribution in [0.3, 0.4) is 0 Å². The van der Waals surface area contributed by atoms with Crippen LogP contribution in [0.5, 0.6) is 0 Å². The number of aromatic nitrogens is 4. The van der Waals surface area contributed by atoms with Gasteiger partial charge in [0.2, 0.25) is 0 Å². The molecule has 0 unspecified atom stereocenters. The zero-order valence-electron chi connectivity index (χ0n) is 16.7. The lowest BCUT2D eigenvalue weighted by Gasteiger charge is -2.35. The van der Waals surface area contributed by atoms with E-state index in [2.05, 4.69) is 32.1 Å². The number of rotatable bonds is 7. The molecule has 0 aliphatic carbocycles. The SMILES string of the molecule is O=C(NCc1cnn(Cc2ccccc2)c1)N1CCCC[C@H]1CCn1ccnc1. The predicted octanol–water partition coefficient (Wildman–Crippen LogP) is 3.28. The van der Waals surface area contributed by atoms with Gasteiger partial charge in [0.25, 0.3) is 0 Å². The van der Waals surface area contributed by atoms with E-state index in [1.807, 2.05) is 52.7 Å². The van der Waals surface area contributed by atoms with Crippen molar-refractivity contribution >= 4 is 6.03 Å². The predicted molar refractivity (Wildman–Crippen MR) is 111 cm³/mol. The lowest BCUT2D eigenvalue weighted by molar-refractivity contribution is 0.143. The van der Waals surface area contributed by atoms with Gasteiger partial charge in [-0.3, -0.25) is 4.68 Å². The molecule has 1 aromatic carbocycles. The molecule has 29 heavy (non-hydrogen) atoms. The van der Waals surface area contributed by atoms with Crippen molar-refractivity contribution in [3.05, 3.63) is 72.6 Å². The highest BCUT2D eigenvalue weighted by Crippen LogP contribution is 2.20. The molecule has 2 amide bonds. The third-order valence-corrected chi connectivity index (χ3v) is 5.49. The number of nitrogens with zero attached hydrogens (tertiary/aromatic N) is 5. The first-order valence-electron chi connectivity index (χ1n) is 10.3. The van der Waals surface area contributed by atoms with E-state index < -0.39 is 0 Å². The normalized spacial score (nSPS) is 16.7. The summed E-state index contributed by atoms with van der Waals surface area (Å²) in [6.45, 7) is 2.95. The molecule has 3 aromatic rings. The van der Waals surface area contributed by atoms with Gasteiger partial charge in [-0.2, -0.15) is 5.10 Å². The van der Waals surface area contributed by atoms with Gasteiger partial charge in [0.15, 0.2) is 0 Å². The Morgan fingerprint density at radius 2 is 2.07 bits per heavy atom. The molecule has 0 bridgehead atoms. The molecule has 1 atom stereocenters. The van der Waals surface area contributed by atoms with Crippen molar-refractivity contribution in [2.75, 3.05) is 6.54 Å². The molecular formula is C22H28N6O. The van der Waals surface area contributed by atoms with Crippen LogP contribution in [-0.4, -0.2) is 42.8 Å². The summed E-state index contributed by atoms with van der Waals surface area (Å²) in [7, 11) is 0. The number of hydrogen-bond donors (Lipinski definition) is 1. The van der Waals surface area contributed by atoms with Crippen molar-refractivity contribution in [1.82, 2.24) is 29.5 Å². The summed E-state index contributed by atoms with van der Waals surface area (Å²) in [5.41, 5.74) is 2.22. The first kappa shape index (κ1) is 19.2. The number of hydrogen-bond acceptors (Lipinski definition) is 3. The molecule has 7 nitrogen and oxygen atoms in total. The molecule has 7 heteroatoms. The minimum Gasteiger partial charge on any atom is -0.337 e. The van der Waals surface area contributed by atoms with E-state index in [1.54, 1.807) is 6.20 Å². The molecule has 1 aliphatic heterocycles. The monoisotopic (exact) mass is 392 g/mol. The Morgan fingerprint density at radius 1 is 1.17 bits per heavy atom. The van der Waals surface area contributed by atoms with Crippen molar-refractivity contribution in [3.63, 3.8) is 0 Å². The van der Waals surface area contributed by atoms with Crippen LogP contribution < -0.4 is 5.32 Å². The number of imidazole rings is 1. The second-order valence-electron chi connectivity index (χ2n) is 7.62. The first-order valence-corrected chi connectivity index (χ1v) is 10.3. The van der Waals surface area contributed by atoms with Gasteiger partial charge in [-0.1, -0.05) is 30.3 Å². The summed E-state index contributed by atoms with van der Waals surface area (Å²) in [4.78, 5) is 18.9. The van der Waals surface area contributed by atoms with E-state index in [-0.39, 0.29) is 12.1 Å². The van der Waals surface area contributed by atoms with Crippen LogP contribution in [0.15, 0.2) is 61.4 Å². The zero-order valence-corrected chi connectivity index (χ0v) is 16.7. The average molecular weight is 393 g/mol. The Balaban J connectivity index is 1.28. The van der Waals surface area contributed by atoms with Crippen molar-refractivity contribution < 1.29 is 4.79 Å². The van der Waals surface area contributed by atoms with Crippen molar-refractivity contribution in [2.24, 2.45) is 0 Å². The van der Waals surface area contributed by atoms with Crippen molar-refractivity contribution in [2.45, 2.75) is 51.4 Å². The van der Waals surface area contributed by atoms with Gasteiger partial charge >= 0.3 is 6.03 Å². The number of likely N-dealkylation sites (tertiary alicyclic amines) is 1. The van der Waals surface area contributed by atoms with Gasteiger partial charge in [-0.15, -0.1) is 0 Å². The van der Waals surface area contributed by atoms with E-state index in [0.29, 0.717) is 6.54 Å². The fourth-order valence-electron chi connectivity index (χ4n) is 3.92. The second kappa shape index (κ2) is 9.41. The van der Waals surface area contributed by atoms with E-state index >= 15 is 0 Å². The molecule has 1 aliphatic rings. The first-order chi connectivity index (χ1) is 14.3. The number of urea groups is 1. The van der Waals surface area contributed by atoms with Crippen LogP contribution in [0.1, 0.15) is 36.8 Å². The summed E-state index contributed by atoms with van der Waals surface area (Å²) >= 11 is 0. The molecule has 1 saturated heterocycles. The largest absolute Gasteiger partial charge is 0.337 e. The number of amides is 2. The number of piperidine rings is 1. The molecule has 2 aromatic heterocycles. The van der Waals surface area contributed by atoms with Crippen LogP contribution in [0.25, 0.3) is 0 Å². The van der Waals surface area contributed by atoms with Crippen LogP contribution >= 0.6 is 0 Å². The third-order valence-electron chi connectivity index (χ3n) is 5.49. The average Bonchev–Trinajstić information content (AvgIpc) is 3.43. The molecule has 0 spiro atoms. The Kier molecular flexibility index (Phi) is 6.24.